The molecule has 0 radical (unpaired) electrons. The summed E-state index contributed by atoms with van der Waals surface area (Å²) in [6.07, 6.45) is 2.98. The monoisotopic (exact) mass is 302 g/mol. The predicted molar refractivity (Wildman–Crippen MR) is 90.4 cm³/mol. The van der Waals surface area contributed by atoms with Crippen molar-refractivity contribution in [1.82, 2.24) is 0 Å². The number of phenols is 1. The molecule has 3 aromatic carbocycles. The largest absolute Gasteiger partial charge is 0.508 e. The third-order valence-corrected chi connectivity index (χ3v) is 3.58. The molecule has 1 aliphatic rings. The second-order valence-electron chi connectivity index (χ2n) is 5.15. The summed E-state index contributed by atoms with van der Waals surface area (Å²) in [7, 11) is 0. The fourth-order valence-corrected chi connectivity index (χ4v) is 2.40. The SMILES string of the molecule is O=C1C=Cc2ccccc2C1=O.Oc1ccc2ccccc2c1. The van der Waals surface area contributed by atoms with Crippen molar-refractivity contribution >= 4 is 28.4 Å². The fourth-order valence-electron chi connectivity index (χ4n) is 2.40. The molecule has 1 N–H and O–H groups in total. The van der Waals surface area contributed by atoms with Gasteiger partial charge < -0.3 is 5.11 Å². The van der Waals surface area contributed by atoms with E-state index in [1.807, 2.05) is 42.5 Å². The number of Topliss-reactive ketones (excluding diaryl/α,β-unsaturated/α-hetero) is 1. The van der Waals surface area contributed by atoms with E-state index in [2.05, 4.69) is 0 Å². The van der Waals surface area contributed by atoms with E-state index in [-0.39, 0.29) is 0 Å². The number of phenolic OH excluding ortho intramolecular Hbond substituents is 1. The molecule has 0 atom stereocenters. The summed E-state index contributed by atoms with van der Waals surface area (Å²) in [6, 6.07) is 20.4. The fraction of sp³-hybridized carbons (Fsp3) is 0. The molecule has 3 nitrogen and oxygen atoms in total. The molecule has 1 aliphatic carbocycles. The first-order valence-electron chi connectivity index (χ1n) is 7.19. The highest BCUT2D eigenvalue weighted by molar-refractivity contribution is 6.49. The van der Waals surface area contributed by atoms with Gasteiger partial charge in [-0.3, -0.25) is 9.59 Å². The quantitative estimate of drug-likeness (QED) is 0.638. The summed E-state index contributed by atoms with van der Waals surface area (Å²) in [6.45, 7) is 0. The van der Waals surface area contributed by atoms with E-state index < -0.39 is 11.6 Å². The van der Waals surface area contributed by atoms with Crippen LogP contribution in [-0.4, -0.2) is 16.7 Å². The van der Waals surface area contributed by atoms with Crippen LogP contribution in [-0.2, 0) is 4.79 Å². The van der Waals surface area contributed by atoms with Crippen molar-refractivity contribution in [3.63, 3.8) is 0 Å². The normalized spacial score (nSPS) is 12.5. The van der Waals surface area contributed by atoms with E-state index in [1.54, 1.807) is 30.3 Å². The van der Waals surface area contributed by atoms with Crippen molar-refractivity contribution in [1.29, 1.82) is 0 Å². The van der Waals surface area contributed by atoms with Gasteiger partial charge in [0.2, 0.25) is 11.6 Å². The van der Waals surface area contributed by atoms with E-state index in [4.69, 9.17) is 5.11 Å². The van der Waals surface area contributed by atoms with Crippen LogP contribution >= 0.6 is 0 Å². The van der Waals surface area contributed by atoms with Crippen molar-refractivity contribution in [2.45, 2.75) is 0 Å². The van der Waals surface area contributed by atoms with E-state index in [0.29, 0.717) is 11.3 Å². The summed E-state index contributed by atoms with van der Waals surface area (Å²) in [5.41, 5.74) is 1.33. The molecule has 0 aliphatic heterocycles. The molecule has 0 spiro atoms. The van der Waals surface area contributed by atoms with E-state index in [9.17, 15) is 9.59 Å². The lowest BCUT2D eigenvalue weighted by molar-refractivity contribution is -0.110. The molecule has 3 aromatic rings. The van der Waals surface area contributed by atoms with Gasteiger partial charge in [-0.25, -0.2) is 0 Å². The summed E-state index contributed by atoms with van der Waals surface area (Å²) < 4.78 is 0. The topological polar surface area (TPSA) is 54.4 Å². The molecule has 0 aromatic heterocycles. The number of fused-ring (bicyclic) bond motifs is 2. The first kappa shape index (κ1) is 14.7. The minimum atomic E-state index is -0.436. The van der Waals surface area contributed by atoms with Crippen LogP contribution in [0.5, 0.6) is 5.75 Å². The number of carbonyl (C=O) groups excluding carboxylic acids is 2. The lowest BCUT2D eigenvalue weighted by Crippen LogP contribution is -2.15. The number of hydrogen-bond acceptors (Lipinski definition) is 3. The summed E-state index contributed by atoms with van der Waals surface area (Å²) >= 11 is 0. The maximum Gasteiger partial charge on any atom is 0.233 e. The third kappa shape index (κ3) is 3.19. The molecule has 0 saturated carbocycles. The molecule has 23 heavy (non-hydrogen) atoms. The summed E-state index contributed by atoms with van der Waals surface area (Å²) in [4.78, 5) is 22.1. The molecule has 0 fully saturated rings. The number of allylic oxidation sites excluding steroid dienone is 1. The number of ketones is 2. The highest BCUT2D eigenvalue weighted by Crippen LogP contribution is 2.18. The van der Waals surface area contributed by atoms with Crippen LogP contribution < -0.4 is 0 Å². The maximum absolute atomic E-state index is 11.2. The van der Waals surface area contributed by atoms with Gasteiger partial charge in [0.05, 0.1) is 0 Å². The van der Waals surface area contributed by atoms with Crippen LogP contribution in [0.4, 0.5) is 0 Å². The Labute approximate surface area is 133 Å². The van der Waals surface area contributed by atoms with Gasteiger partial charge >= 0.3 is 0 Å². The molecule has 0 unspecified atom stereocenters. The zero-order chi connectivity index (χ0) is 16.2. The first-order valence-corrected chi connectivity index (χ1v) is 7.19. The lowest BCUT2D eigenvalue weighted by Gasteiger charge is -2.06. The number of carbonyl (C=O) groups is 2. The Kier molecular flexibility index (Phi) is 4.02. The van der Waals surface area contributed by atoms with Crippen LogP contribution in [0, 0.1) is 0 Å². The maximum atomic E-state index is 11.2. The van der Waals surface area contributed by atoms with Gasteiger partial charge in [-0.1, -0.05) is 60.7 Å². The molecule has 0 saturated heterocycles. The van der Waals surface area contributed by atoms with Crippen molar-refractivity contribution in [2.75, 3.05) is 0 Å². The number of rotatable bonds is 0. The summed E-state index contributed by atoms with van der Waals surface area (Å²) in [5, 5.41) is 11.4. The molecule has 0 amide bonds. The highest BCUT2D eigenvalue weighted by Gasteiger charge is 2.19. The van der Waals surface area contributed by atoms with Gasteiger partial charge in [0.15, 0.2) is 0 Å². The zero-order valence-electron chi connectivity index (χ0n) is 12.3. The molecule has 0 bridgehead atoms. The average Bonchev–Trinajstić information content (AvgIpc) is 2.59. The van der Waals surface area contributed by atoms with Gasteiger partial charge in [-0.05, 0) is 34.5 Å². The smallest absolute Gasteiger partial charge is 0.233 e. The molecular weight excluding hydrogens is 288 g/mol. The third-order valence-electron chi connectivity index (χ3n) is 3.58. The van der Waals surface area contributed by atoms with Crippen molar-refractivity contribution in [2.24, 2.45) is 0 Å². The number of hydrogen-bond donors (Lipinski definition) is 1. The van der Waals surface area contributed by atoms with E-state index in [1.165, 1.54) is 6.08 Å². The standard InChI is InChI=1S/C10H6O2.C10H8O/c11-9-6-5-7-3-1-2-4-8(7)10(9)12;11-10-6-5-8-3-1-2-4-9(8)7-10/h1-6H;1-7,11H. The van der Waals surface area contributed by atoms with Gasteiger partial charge in [0, 0.05) is 5.56 Å². The molecule has 3 heteroatoms. The van der Waals surface area contributed by atoms with E-state index >= 15 is 0 Å². The minimum absolute atomic E-state index is 0.323. The Morgan fingerprint density at radius 2 is 1.39 bits per heavy atom. The first-order chi connectivity index (χ1) is 11.1. The Morgan fingerprint density at radius 1 is 0.696 bits per heavy atom. The molecular formula is C20H14O3. The van der Waals surface area contributed by atoms with Crippen molar-refractivity contribution < 1.29 is 14.7 Å². The van der Waals surface area contributed by atoms with Crippen LogP contribution in [0.25, 0.3) is 16.8 Å². The Balaban J connectivity index is 0.000000136. The van der Waals surface area contributed by atoms with Crippen molar-refractivity contribution in [3.8, 4) is 5.75 Å². The number of benzene rings is 3. The number of aromatic hydroxyl groups is 1. The van der Waals surface area contributed by atoms with Crippen LogP contribution in [0.15, 0.2) is 72.8 Å². The minimum Gasteiger partial charge on any atom is -0.508 e. The Bertz CT molecular complexity index is 923. The van der Waals surface area contributed by atoms with Crippen molar-refractivity contribution in [3.05, 3.63) is 83.9 Å². The van der Waals surface area contributed by atoms with Crippen LogP contribution in [0.2, 0.25) is 0 Å². The van der Waals surface area contributed by atoms with E-state index in [0.717, 1.165) is 16.3 Å². The Morgan fingerprint density at radius 3 is 2.22 bits per heavy atom. The predicted octanol–water partition coefficient (Wildman–Crippen LogP) is 4.01. The highest BCUT2D eigenvalue weighted by atomic mass is 16.3. The lowest BCUT2D eigenvalue weighted by atomic mass is 9.96. The average molecular weight is 302 g/mol. The second-order valence-corrected chi connectivity index (χ2v) is 5.15. The summed E-state index contributed by atoms with van der Waals surface area (Å²) in [5.74, 6) is -0.523. The van der Waals surface area contributed by atoms with Gasteiger partial charge in [-0.15, -0.1) is 0 Å². The van der Waals surface area contributed by atoms with Crippen LogP contribution in [0.1, 0.15) is 15.9 Å². The molecule has 4 rings (SSSR count). The van der Waals surface area contributed by atoms with Crippen LogP contribution in [0.3, 0.4) is 0 Å². The molecule has 112 valence electrons. The molecule has 0 heterocycles. The van der Waals surface area contributed by atoms with Gasteiger partial charge in [0.1, 0.15) is 5.75 Å². The van der Waals surface area contributed by atoms with Gasteiger partial charge in [0.25, 0.3) is 0 Å². The second kappa shape index (κ2) is 6.28. The van der Waals surface area contributed by atoms with Gasteiger partial charge in [-0.2, -0.15) is 0 Å². The Hall–Kier alpha value is -3.20. The zero-order valence-corrected chi connectivity index (χ0v) is 12.3.